The van der Waals surface area contributed by atoms with Crippen LogP contribution in [-0.4, -0.2) is 64.1 Å². The number of hydrogen-bond acceptors (Lipinski definition) is 7. The molecular weight excluding hydrogens is 479 g/mol. The number of benzene rings is 2. The predicted molar refractivity (Wildman–Crippen MR) is 126 cm³/mol. The van der Waals surface area contributed by atoms with E-state index in [2.05, 4.69) is 20.5 Å². The third kappa shape index (κ3) is 7.57. The Morgan fingerprint density at radius 3 is 2.57 bits per heavy atom. The summed E-state index contributed by atoms with van der Waals surface area (Å²) in [7, 11) is 1.46. The maximum absolute atomic E-state index is 13.6. The average molecular weight is 505 g/mol. The fourth-order valence-electron chi connectivity index (χ4n) is 3.49. The Morgan fingerprint density at radius 2 is 1.94 bits per heavy atom. The highest BCUT2D eigenvalue weighted by Crippen LogP contribution is 2.23. The molecule has 2 atom stereocenters. The number of esters is 1. The Morgan fingerprint density at radius 1 is 1.20 bits per heavy atom. The number of carbonyl (C=O) groups excluding carboxylic acids is 2. The number of ether oxygens (including phenoxy) is 2. The van der Waals surface area contributed by atoms with Crippen molar-refractivity contribution in [1.82, 2.24) is 20.5 Å². The van der Waals surface area contributed by atoms with Crippen molar-refractivity contribution in [2.75, 3.05) is 20.3 Å². The van der Waals surface area contributed by atoms with E-state index in [1.165, 1.54) is 26.2 Å². The van der Waals surface area contributed by atoms with Crippen molar-refractivity contribution < 1.29 is 28.6 Å². The van der Waals surface area contributed by atoms with E-state index in [0.717, 1.165) is 16.7 Å². The number of carbonyl (C=O) groups is 2. The molecular formula is C24H26ClFN4O5. The van der Waals surface area contributed by atoms with Crippen LogP contribution in [0.15, 0.2) is 48.5 Å². The van der Waals surface area contributed by atoms with Gasteiger partial charge >= 0.3 is 5.97 Å². The topological polar surface area (TPSA) is 126 Å². The first-order chi connectivity index (χ1) is 16.7. The van der Waals surface area contributed by atoms with E-state index in [1.54, 1.807) is 12.1 Å². The van der Waals surface area contributed by atoms with Crippen molar-refractivity contribution in [1.29, 1.82) is 0 Å². The molecule has 0 unspecified atom stereocenters. The van der Waals surface area contributed by atoms with E-state index in [9.17, 15) is 19.1 Å². The maximum Gasteiger partial charge on any atom is 0.337 e. The number of halogens is 2. The Bertz CT molecular complexity index is 1150. The molecule has 3 rings (SSSR count). The van der Waals surface area contributed by atoms with E-state index in [4.69, 9.17) is 21.1 Å². The predicted octanol–water partition coefficient (Wildman–Crippen LogP) is 2.94. The Labute approximate surface area is 206 Å². The molecule has 35 heavy (non-hydrogen) atoms. The van der Waals surface area contributed by atoms with Crippen molar-refractivity contribution in [3.8, 4) is 11.1 Å². The van der Waals surface area contributed by atoms with E-state index in [-0.39, 0.29) is 43.0 Å². The first-order valence-corrected chi connectivity index (χ1v) is 11.2. The van der Waals surface area contributed by atoms with Gasteiger partial charge in [0.15, 0.2) is 5.60 Å². The molecule has 2 aromatic carbocycles. The summed E-state index contributed by atoms with van der Waals surface area (Å²) in [5, 5.41) is 19.6. The van der Waals surface area contributed by atoms with Crippen molar-refractivity contribution in [2.45, 2.75) is 31.4 Å². The summed E-state index contributed by atoms with van der Waals surface area (Å²) >= 11 is 5.71. The van der Waals surface area contributed by atoms with Crippen LogP contribution in [0.5, 0.6) is 0 Å². The lowest BCUT2D eigenvalue weighted by molar-refractivity contribution is -0.166. The number of nitrogens with zero attached hydrogens (tertiary/aromatic N) is 2. The van der Waals surface area contributed by atoms with Gasteiger partial charge in [0, 0.05) is 19.6 Å². The molecule has 0 radical (unpaired) electrons. The van der Waals surface area contributed by atoms with Gasteiger partial charge < -0.3 is 19.9 Å². The molecule has 186 valence electrons. The molecule has 1 aromatic heterocycles. The molecule has 0 saturated heterocycles. The molecule has 0 aliphatic carbocycles. The van der Waals surface area contributed by atoms with Crippen molar-refractivity contribution in [2.24, 2.45) is 0 Å². The van der Waals surface area contributed by atoms with Gasteiger partial charge in [-0.05, 0) is 53.8 Å². The highest BCUT2D eigenvalue weighted by molar-refractivity contribution is 6.28. The molecule has 3 N–H and O–H groups in total. The van der Waals surface area contributed by atoms with Gasteiger partial charge in [-0.15, -0.1) is 5.10 Å². The van der Waals surface area contributed by atoms with Crippen molar-refractivity contribution >= 4 is 23.5 Å². The molecule has 1 heterocycles. The number of rotatable bonds is 11. The monoisotopic (exact) mass is 504 g/mol. The molecule has 9 nitrogen and oxygen atoms in total. The molecule has 1 amide bonds. The van der Waals surface area contributed by atoms with Gasteiger partial charge in [0.2, 0.25) is 11.1 Å². The molecule has 3 aromatic rings. The van der Waals surface area contributed by atoms with Gasteiger partial charge in [0.05, 0.1) is 6.61 Å². The van der Waals surface area contributed by atoms with Gasteiger partial charge in [0.25, 0.3) is 5.91 Å². The molecule has 0 fully saturated rings. The third-order valence-electron chi connectivity index (χ3n) is 5.19. The summed E-state index contributed by atoms with van der Waals surface area (Å²) in [6.45, 7) is 1.49. The minimum atomic E-state index is -1.89. The van der Waals surface area contributed by atoms with Gasteiger partial charge in [0.1, 0.15) is 12.4 Å². The minimum Gasteiger partial charge on any atom is -0.461 e. The highest BCUT2D eigenvalue weighted by Gasteiger charge is 2.36. The largest absolute Gasteiger partial charge is 0.461 e. The molecule has 0 saturated carbocycles. The highest BCUT2D eigenvalue weighted by atomic mass is 35.5. The molecule has 11 heteroatoms. The van der Waals surface area contributed by atoms with E-state index in [1.807, 2.05) is 24.3 Å². The standard InChI is InChI=1S/C24H26ClFN4O5/c1-24(33,22(32)35-11-10-34-2)14-19(27-21(31)20-28-23(25)30-29-20)12-15-6-8-16(9-7-15)17-4-3-5-18(26)13-17/h3-9,13,19,33H,10-12,14H2,1-2H3,(H,27,31)(H,28,29,30)/t19-,24-/m0/s1. The van der Waals surface area contributed by atoms with E-state index >= 15 is 0 Å². The number of nitrogens with one attached hydrogen (secondary N) is 2. The van der Waals surface area contributed by atoms with Gasteiger partial charge in [-0.2, -0.15) is 4.98 Å². The van der Waals surface area contributed by atoms with E-state index in [0.29, 0.717) is 0 Å². The van der Waals surface area contributed by atoms with Crippen LogP contribution in [0.2, 0.25) is 5.28 Å². The van der Waals surface area contributed by atoms with Crippen molar-refractivity contribution in [3.05, 3.63) is 71.0 Å². The number of methoxy groups -OCH3 is 1. The van der Waals surface area contributed by atoms with Crippen LogP contribution >= 0.6 is 11.6 Å². The first-order valence-electron chi connectivity index (χ1n) is 10.8. The summed E-state index contributed by atoms with van der Waals surface area (Å²) < 4.78 is 23.5. The second-order valence-electron chi connectivity index (χ2n) is 8.14. The van der Waals surface area contributed by atoms with Crippen LogP contribution in [0.1, 0.15) is 29.5 Å². The zero-order chi connectivity index (χ0) is 25.4. The lowest BCUT2D eigenvalue weighted by Gasteiger charge is -2.27. The number of aromatic nitrogens is 3. The van der Waals surface area contributed by atoms with Crippen LogP contribution in [-0.2, 0) is 20.7 Å². The van der Waals surface area contributed by atoms with E-state index < -0.39 is 23.5 Å². The van der Waals surface area contributed by atoms with Crippen LogP contribution in [0.3, 0.4) is 0 Å². The van der Waals surface area contributed by atoms with Gasteiger partial charge in [-0.1, -0.05) is 36.4 Å². The number of amides is 1. The fraction of sp³-hybridized carbons (Fsp3) is 0.333. The summed E-state index contributed by atoms with van der Waals surface area (Å²) in [6, 6.07) is 12.9. The van der Waals surface area contributed by atoms with Crippen LogP contribution in [0, 0.1) is 5.82 Å². The zero-order valence-corrected chi connectivity index (χ0v) is 20.0. The third-order valence-corrected chi connectivity index (χ3v) is 5.36. The first kappa shape index (κ1) is 26.3. The second kappa shape index (κ2) is 11.9. The minimum absolute atomic E-state index is 0.0141. The number of aromatic amines is 1. The Balaban J connectivity index is 1.76. The lowest BCUT2D eigenvalue weighted by Crippen LogP contribution is -2.47. The molecule has 0 aliphatic heterocycles. The fourth-order valence-corrected chi connectivity index (χ4v) is 3.61. The molecule has 0 bridgehead atoms. The second-order valence-corrected chi connectivity index (χ2v) is 8.50. The maximum atomic E-state index is 13.6. The molecule has 0 aliphatic rings. The average Bonchev–Trinajstić information content (AvgIpc) is 3.26. The quantitative estimate of drug-likeness (QED) is 0.271. The van der Waals surface area contributed by atoms with Gasteiger partial charge in [-0.25, -0.2) is 14.3 Å². The lowest BCUT2D eigenvalue weighted by atomic mass is 9.92. The number of hydrogen-bond donors (Lipinski definition) is 3. The summed E-state index contributed by atoms with van der Waals surface area (Å²) in [5.74, 6) is -1.97. The Kier molecular flexibility index (Phi) is 8.91. The number of aliphatic hydroxyl groups is 1. The van der Waals surface area contributed by atoms with Crippen LogP contribution in [0.4, 0.5) is 4.39 Å². The summed E-state index contributed by atoms with van der Waals surface area (Å²) in [4.78, 5) is 28.8. The molecule has 0 spiro atoms. The SMILES string of the molecule is COCCOC(=O)[C@@](C)(O)C[C@H](Cc1ccc(-c2cccc(F)c2)cc1)NC(=O)c1n[nH]c(Cl)n1. The van der Waals surface area contributed by atoms with Crippen LogP contribution in [0.25, 0.3) is 11.1 Å². The Hall–Kier alpha value is -3.34. The number of H-pyrrole nitrogens is 1. The smallest absolute Gasteiger partial charge is 0.337 e. The van der Waals surface area contributed by atoms with Crippen LogP contribution < -0.4 is 5.32 Å². The summed E-state index contributed by atoms with van der Waals surface area (Å²) in [6.07, 6.45) is 0.128. The summed E-state index contributed by atoms with van der Waals surface area (Å²) in [5.41, 5.74) is 0.471. The normalized spacial score (nSPS) is 13.6. The zero-order valence-electron chi connectivity index (χ0n) is 19.3. The van der Waals surface area contributed by atoms with Gasteiger partial charge in [-0.3, -0.25) is 4.79 Å². The van der Waals surface area contributed by atoms with Crippen molar-refractivity contribution in [3.63, 3.8) is 0 Å².